The van der Waals surface area contributed by atoms with Crippen LogP contribution in [0.3, 0.4) is 0 Å². The zero-order valence-corrected chi connectivity index (χ0v) is 12.1. The van der Waals surface area contributed by atoms with Gasteiger partial charge in [0.2, 0.25) is 5.89 Å². The largest absolute Gasteiger partial charge is 0.407 e. The van der Waals surface area contributed by atoms with E-state index in [1.54, 1.807) is 0 Å². The molecule has 5 nitrogen and oxygen atoms in total. The highest BCUT2D eigenvalue weighted by molar-refractivity contribution is 5.29. The molecule has 3 aliphatic rings. The molecule has 4 rings (SSSR count). The first-order chi connectivity index (χ1) is 9.90. The van der Waals surface area contributed by atoms with Crippen LogP contribution < -0.4 is 10.2 Å². The van der Waals surface area contributed by atoms with E-state index in [9.17, 15) is 0 Å². The highest BCUT2D eigenvalue weighted by Crippen LogP contribution is 2.37. The van der Waals surface area contributed by atoms with Crippen molar-refractivity contribution >= 4 is 6.01 Å². The Morgan fingerprint density at radius 3 is 2.70 bits per heavy atom. The summed E-state index contributed by atoms with van der Waals surface area (Å²) in [7, 11) is 0. The molecule has 2 aliphatic carbocycles. The molecule has 0 aromatic carbocycles. The van der Waals surface area contributed by atoms with Crippen molar-refractivity contribution in [1.82, 2.24) is 15.5 Å². The van der Waals surface area contributed by atoms with Crippen LogP contribution in [0, 0.1) is 5.92 Å². The van der Waals surface area contributed by atoms with E-state index in [1.807, 2.05) is 0 Å². The number of nitrogens with zero attached hydrogens (tertiary/aromatic N) is 3. The molecule has 0 spiro atoms. The van der Waals surface area contributed by atoms with Crippen LogP contribution in [0.25, 0.3) is 0 Å². The van der Waals surface area contributed by atoms with E-state index < -0.39 is 0 Å². The number of aromatic nitrogens is 2. The number of anilines is 1. The highest BCUT2D eigenvalue weighted by atomic mass is 16.4. The van der Waals surface area contributed by atoms with Crippen LogP contribution in [0.2, 0.25) is 0 Å². The van der Waals surface area contributed by atoms with E-state index in [0.29, 0.717) is 12.1 Å². The summed E-state index contributed by atoms with van der Waals surface area (Å²) < 4.78 is 5.88. The fourth-order valence-corrected chi connectivity index (χ4v) is 3.81. The van der Waals surface area contributed by atoms with Crippen LogP contribution >= 0.6 is 0 Å². The minimum absolute atomic E-state index is 0.641. The monoisotopic (exact) mass is 276 g/mol. The molecule has 2 saturated carbocycles. The normalized spacial score (nSPS) is 27.6. The summed E-state index contributed by atoms with van der Waals surface area (Å²) in [5.74, 6) is 1.58. The Balaban J connectivity index is 1.42. The molecule has 0 bridgehead atoms. The molecule has 1 N–H and O–H groups in total. The van der Waals surface area contributed by atoms with E-state index >= 15 is 0 Å². The average molecular weight is 276 g/mol. The molecule has 20 heavy (non-hydrogen) atoms. The molecular weight excluding hydrogens is 252 g/mol. The van der Waals surface area contributed by atoms with Crippen LogP contribution in [0.5, 0.6) is 0 Å². The van der Waals surface area contributed by atoms with Gasteiger partial charge in [-0.15, -0.1) is 5.10 Å². The van der Waals surface area contributed by atoms with Crippen molar-refractivity contribution in [3.05, 3.63) is 5.89 Å². The maximum Gasteiger partial charge on any atom is 0.318 e. The van der Waals surface area contributed by atoms with Gasteiger partial charge in [-0.2, -0.15) is 0 Å². The van der Waals surface area contributed by atoms with Gasteiger partial charge in [-0.3, -0.25) is 0 Å². The van der Waals surface area contributed by atoms with Gasteiger partial charge in [0, 0.05) is 18.6 Å². The van der Waals surface area contributed by atoms with Gasteiger partial charge in [0.25, 0.3) is 0 Å². The third-order valence-electron chi connectivity index (χ3n) is 5.06. The molecule has 5 heteroatoms. The molecule has 1 aliphatic heterocycles. The van der Waals surface area contributed by atoms with Crippen molar-refractivity contribution in [3.63, 3.8) is 0 Å². The van der Waals surface area contributed by atoms with E-state index in [-0.39, 0.29) is 0 Å². The number of hydrogen-bond donors (Lipinski definition) is 1. The molecule has 1 saturated heterocycles. The molecule has 0 radical (unpaired) electrons. The Morgan fingerprint density at radius 2 is 1.90 bits per heavy atom. The lowest BCUT2D eigenvalue weighted by Crippen LogP contribution is -2.34. The molecule has 110 valence electrons. The van der Waals surface area contributed by atoms with Crippen molar-refractivity contribution < 1.29 is 4.42 Å². The summed E-state index contributed by atoms with van der Waals surface area (Å²) in [6.45, 7) is 1.80. The van der Waals surface area contributed by atoms with Crippen molar-refractivity contribution in [2.75, 3.05) is 11.4 Å². The summed E-state index contributed by atoms with van der Waals surface area (Å²) in [6, 6.07) is 2.08. The Labute approximate surface area is 120 Å². The molecule has 1 atom stereocenters. The maximum atomic E-state index is 5.88. The van der Waals surface area contributed by atoms with Crippen LogP contribution in [0.1, 0.15) is 57.3 Å². The Hall–Kier alpha value is -1.10. The van der Waals surface area contributed by atoms with Gasteiger partial charge >= 0.3 is 6.01 Å². The second-order valence-electron chi connectivity index (χ2n) is 6.58. The highest BCUT2D eigenvalue weighted by Gasteiger charge is 2.35. The molecule has 1 unspecified atom stereocenters. The van der Waals surface area contributed by atoms with Crippen molar-refractivity contribution in [3.8, 4) is 0 Å². The predicted octanol–water partition coefficient (Wildman–Crippen LogP) is 2.48. The molecule has 1 aromatic heterocycles. The lowest BCUT2D eigenvalue weighted by Gasteiger charge is -2.27. The topological polar surface area (TPSA) is 54.2 Å². The predicted molar refractivity (Wildman–Crippen MR) is 76.5 cm³/mol. The summed E-state index contributed by atoms with van der Waals surface area (Å²) in [6.07, 6.45) is 10.7. The second-order valence-corrected chi connectivity index (χ2v) is 6.58. The summed E-state index contributed by atoms with van der Waals surface area (Å²) in [4.78, 5) is 2.38. The fraction of sp³-hybridized carbons (Fsp3) is 0.867. The SMILES string of the molecule is C1CCC(C2CCCN2c2nnc(CNC3CC3)o2)C1. The van der Waals surface area contributed by atoms with Gasteiger partial charge in [-0.05, 0) is 44.4 Å². The van der Waals surface area contributed by atoms with Gasteiger partial charge in [-0.1, -0.05) is 17.9 Å². The number of nitrogens with one attached hydrogen (secondary N) is 1. The van der Waals surface area contributed by atoms with Crippen LogP contribution in [-0.2, 0) is 6.54 Å². The first-order valence-electron chi connectivity index (χ1n) is 8.22. The molecule has 0 amide bonds. The van der Waals surface area contributed by atoms with E-state index in [0.717, 1.165) is 30.9 Å². The van der Waals surface area contributed by atoms with Gasteiger partial charge in [0.1, 0.15) is 0 Å². The average Bonchev–Trinajstić information content (AvgIpc) is 2.95. The lowest BCUT2D eigenvalue weighted by atomic mass is 9.96. The van der Waals surface area contributed by atoms with Crippen molar-refractivity contribution in [2.45, 2.75) is 70.0 Å². The van der Waals surface area contributed by atoms with Gasteiger partial charge in [0.05, 0.1) is 6.54 Å². The zero-order valence-electron chi connectivity index (χ0n) is 12.1. The third-order valence-corrected chi connectivity index (χ3v) is 5.06. The molecule has 2 heterocycles. The van der Waals surface area contributed by atoms with Gasteiger partial charge in [0.15, 0.2) is 0 Å². The quantitative estimate of drug-likeness (QED) is 0.895. The third kappa shape index (κ3) is 2.55. The van der Waals surface area contributed by atoms with E-state index in [2.05, 4.69) is 20.4 Å². The standard InChI is InChI=1S/C15H24N4O/c1-2-5-11(4-1)13-6-3-9-19(13)15-18-17-14(20-15)10-16-12-7-8-12/h11-13,16H,1-10H2. The summed E-state index contributed by atoms with van der Waals surface area (Å²) in [5, 5.41) is 11.9. The second kappa shape index (κ2) is 5.35. The van der Waals surface area contributed by atoms with Crippen LogP contribution in [-0.4, -0.2) is 28.8 Å². The Morgan fingerprint density at radius 1 is 1.05 bits per heavy atom. The van der Waals surface area contributed by atoms with Crippen LogP contribution in [0.4, 0.5) is 6.01 Å². The van der Waals surface area contributed by atoms with Gasteiger partial charge < -0.3 is 14.6 Å². The summed E-state index contributed by atoms with van der Waals surface area (Å²) >= 11 is 0. The molecule has 1 aromatic rings. The van der Waals surface area contributed by atoms with Crippen molar-refractivity contribution in [2.24, 2.45) is 5.92 Å². The Kier molecular flexibility index (Phi) is 3.38. The molecule has 3 fully saturated rings. The maximum absolute atomic E-state index is 5.88. The Bertz CT molecular complexity index is 450. The first-order valence-corrected chi connectivity index (χ1v) is 8.22. The number of rotatable bonds is 5. The summed E-state index contributed by atoms with van der Waals surface area (Å²) in [5.41, 5.74) is 0. The fourth-order valence-electron chi connectivity index (χ4n) is 3.81. The zero-order chi connectivity index (χ0) is 13.4. The molecular formula is C15H24N4O. The number of hydrogen-bond acceptors (Lipinski definition) is 5. The van der Waals surface area contributed by atoms with Crippen molar-refractivity contribution in [1.29, 1.82) is 0 Å². The van der Waals surface area contributed by atoms with E-state index in [1.165, 1.54) is 51.4 Å². The van der Waals surface area contributed by atoms with E-state index in [4.69, 9.17) is 4.42 Å². The minimum atomic E-state index is 0.641. The lowest BCUT2D eigenvalue weighted by molar-refractivity contribution is 0.399. The van der Waals surface area contributed by atoms with Crippen LogP contribution in [0.15, 0.2) is 4.42 Å². The van der Waals surface area contributed by atoms with Gasteiger partial charge in [-0.25, -0.2) is 0 Å². The smallest absolute Gasteiger partial charge is 0.318 e. The minimum Gasteiger partial charge on any atom is -0.407 e. The first kappa shape index (κ1) is 12.6.